The Morgan fingerprint density at radius 3 is 2.23 bits per heavy atom. The number of nitrogens with one attached hydrogen (secondary N) is 1. The summed E-state index contributed by atoms with van der Waals surface area (Å²) in [5.41, 5.74) is 0.939. The van der Waals surface area contributed by atoms with Crippen molar-refractivity contribution in [3.05, 3.63) is 92.9 Å². The van der Waals surface area contributed by atoms with Gasteiger partial charge in [0.2, 0.25) is 11.8 Å². The molecule has 3 aromatic rings. The Kier molecular flexibility index (Phi) is 10.8. The van der Waals surface area contributed by atoms with Crippen LogP contribution in [0.4, 0.5) is 5.69 Å². The third-order valence-corrected chi connectivity index (χ3v) is 8.92. The lowest BCUT2D eigenvalue weighted by atomic mass is 10.1. The first kappa shape index (κ1) is 30.9. The number of halogens is 3. The highest BCUT2D eigenvalue weighted by Gasteiger charge is 2.32. The Morgan fingerprint density at radius 1 is 0.923 bits per heavy atom. The third-order valence-electron chi connectivity index (χ3n) is 5.90. The maximum Gasteiger partial charge on any atom is 0.264 e. The second kappa shape index (κ2) is 13.7. The lowest BCUT2D eigenvalue weighted by Crippen LogP contribution is -2.51. The van der Waals surface area contributed by atoms with E-state index >= 15 is 0 Å². The van der Waals surface area contributed by atoms with E-state index < -0.39 is 28.5 Å². The molecule has 3 rings (SSSR count). The first-order chi connectivity index (χ1) is 18.4. The fourth-order valence-corrected chi connectivity index (χ4v) is 5.92. The van der Waals surface area contributed by atoms with Crippen LogP contribution in [0.25, 0.3) is 0 Å². The fourth-order valence-electron chi connectivity index (χ4n) is 3.76. The second-order valence-corrected chi connectivity index (χ2v) is 13.0. The molecular formula is C28H30BrCl2N3O4S. The van der Waals surface area contributed by atoms with Gasteiger partial charge in [-0.2, -0.15) is 0 Å². The van der Waals surface area contributed by atoms with E-state index in [1.165, 1.54) is 35.2 Å². The van der Waals surface area contributed by atoms with E-state index in [0.717, 1.165) is 14.3 Å². The first-order valence-corrected chi connectivity index (χ1v) is 15.2. The van der Waals surface area contributed by atoms with Crippen molar-refractivity contribution in [3.63, 3.8) is 0 Å². The van der Waals surface area contributed by atoms with Crippen LogP contribution in [0, 0.1) is 5.92 Å². The molecule has 2 amide bonds. The summed E-state index contributed by atoms with van der Waals surface area (Å²) < 4.78 is 29.3. The van der Waals surface area contributed by atoms with Crippen LogP contribution in [-0.2, 0) is 26.2 Å². The summed E-state index contributed by atoms with van der Waals surface area (Å²) in [4.78, 5) is 28.3. The van der Waals surface area contributed by atoms with Crippen molar-refractivity contribution >= 4 is 66.7 Å². The van der Waals surface area contributed by atoms with Gasteiger partial charge in [-0.05, 0) is 60.9 Å². The molecule has 0 saturated heterocycles. The number of rotatable bonds is 11. The van der Waals surface area contributed by atoms with Gasteiger partial charge in [-0.3, -0.25) is 13.9 Å². The number of carbonyl (C=O) groups excluding carboxylic acids is 2. The van der Waals surface area contributed by atoms with Crippen LogP contribution in [0.2, 0.25) is 10.0 Å². The molecule has 0 aromatic heterocycles. The van der Waals surface area contributed by atoms with Crippen molar-refractivity contribution in [3.8, 4) is 0 Å². The van der Waals surface area contributed by atoms with Gasteiger partial charge in [-0.25, -0.2) is 8.42 Å². The predicted molar refractivity (Wildman–Crippen MR) is 159 cm³/mol. The van der Waals surface area contributed by atoms with Gasteiger partial charge >= 0.3 is 0 Å². The van der Waals surface area contributed by atoms with E-state index in [1.54, 1.807) is 25.1 Å². The summed E-state index contributed by atoms with van der Waals surface area (Å²) in [6.07, 6.45) is 0. The monoisotopic (exact) mass is 653 g/mol. The zero-order valence-electron chi connectivity index (χ0n) is 21.8. The molecule has 11 heteroatoms. The summed E-state index contributed by atoms with van der Waals surface area (Å²) in [7, 11) is -4.18. The standard InChI is InChI=1S/C28H30BrCl2N3O4S/c1-19(2)16-32-28(36)20(3)33(17-21-8-7-9-22(29)14-21)27(35)18-34(23-12-13-25(30)26(31)15-23)39(37,38)24-10-5-4-6-11-24/h4-15,19-20H,16-18H2,1-3H3,(H,32,36)/t20-/m1/s1. The average Bonchev–Trinajstić information content (AvgIpc) is 2.90. The minimum absolute atomic E-state index is 0.00476. The van der Waals surface area contributed by atoms with Gasteiger partial charge in [-0.1, -0.05) is 83.3 Å². The van der Waals surface area contributed by atoms with E-state index in [0.29, 0.717) is 6.54 Å². The normalized spacial score (nSPS) is 12.2. The molecule has 39 heavy (non-hydrogen) atoms. The van der Waals surface area contributed by atoms with Crippen molar-refractivity contribution in [1.82, 2.24) is 10.2 Å². The zero-order chi connectivity index (χ0) is 28.7. The van der Waals surface area contributed by atoms with E-state index in [4.69, 9.17) is 23.2 Å². The van der Waals surface area contributed by atoms with Gasteiger partial charge in [0.05, 0.1) is 20.6 Å². The first-order valence-electron chi connectivity index (χ1n) is 12.2. The summed E-state index contributed by atoms with van der Waals surface area (Å²) in [6, 6.07) is 18.6. The molecule has 7 nitrogen and oxygen atoms in total. The number of benzene rings is 3. The molecule has 0 fully saturated rings. The van der Waals surface area contributed by atoms with Gasteiger partial charge in [0, 0.05) is 17.6 Å². The SMILES string of the molecule is CC(C)CNC(=O)[C@@H](C)N(Cc1cccc(Br)c1)C(=O)CN(c1ccc(Cl)c(Cl)c1)S(=O)(=O)c1ccccc1. The van der Waals surface area contributed by atoms with E-state index in [9.17, 15) is 18.0 Å². The maximum atomic E-state index is 13.9. The number of amides is 2. The number of hydrogen-bond donors (Lipinski definition) is 1. The van der Waals surface area contributed by atoms with E-state index in [2.05, 4.69) is 21.2 Å². The smallest absolute Gasteiger partial charge is 0.264 e. The Balaban J connectivity index is 2.03. The lowest BCUT2D eigenvalue weighted by molar-refractivity contribution is -0.139. The summed E-state index contributed by atoms with van der Waals surface area (Å²) in [6.45, 7) is 5.54. The van der Waals surface area contributed by atoms with Crippen LogP contribution in [0.5, 0.6) is 0 Å². The number of sulfonamides is 1. The number of hydrogen-bond acceptors (Lipinski definition) is 4. The van der Waals surface area contributed by atoms with Crippen LogP contribution < -0.4 is 9.62 Å². The minimum atomic E-state index is -4.18. The zero-order valence-corrected chi connectivity index (χ0v) is 25.7. The Labute approximate surface area is 248 Å². The van der Waals surface area contributed by atoms with Crippen molar-refractivity contribution in [1.29, 1.82) is 0 Å². The van der Waals surface area contributed by atoms with Crippen LogP contribution >= 0.6 is 39.1 Å². The van der Waals surface area contributed by atoms with Crippen LogP contribution in [0.3, 0.4) is 0 Å². The second-order valence-electron chi connectivity index (χ2n) is 9.39. The van der Waals surface area contributed by atoms with Gasteiger partial charge in [-0.15, -0.1) is 0 Å². The van der Waals surface area contributed by atoms with Crippen LogP contribution in [0.15, 0.2) is 82.2 Å². The highest BCUT2D eigenvalue weighted by Crippen LogP contribution is 2.31. The minimum Gasteiger partial charge on any atom is -0.354 e. The Hall–Kier alpha value is -2.59. The van der Waals surface area contributed by atoms with Crippen molar-refractivity contribution in [2.45, 2.75) is 38.3 Å². The topological polar surface area (TPSA) is 86.8 Å². The molecule has 0 saturated carbocycles. The molecule has 3 aromatic carbocycles. The fraction of sp³-hybridized carbons (Fsp3) is 0.286. The van der Waals surface area contributed by atoms with Gasteiger partial charge in [0.15, 0.2) is 0 Å². The third kappa shape index (κ3) is 8.20. The lowest BCUT2D eigenvalue weighted by Gasteiger charge is -2.32. The molecule has 0 aliphatic carbocycles. The van der Waals surface area contributed by atoms with Gasteiger partial charge in [0.25, 0.3) is 10.0 Å². The molecule has 0 bridgehead atoms. The van der Waals surface area contributed by atoms with Crippen LogP contribution in [0.1, 0.15) is 26.3 Å². The number of carbonyl (C=O) groups is 2. The quantitative estimate of drug-likeness (QED) is 0.269. The molecule has 0 spiro atoms. The molecule has 208 valence electrons. The van der Waals surface area contributed by atoms with Gasteiger partial charge in [0.1, 0.15) is 12.6 Å². The highest BCUT2D eigenvalue weighted by atomic mass is 79.9. The molecule has 0 aliphatic rings. The molecule has 0 unspecified atom stereocenters. The summed E-state index contributed by atoms with van der Waals surface area (Å²) in [5, 5.41) is 3.25. The highest BCUT2D eigenvalue weighted by molar-refractivity contribution is 9.10. The molecule has 0 radical (unpaired) electrons. The Bertz CT molecular complexity index is 1420. The number of nitrogens with zero attached hydrogens (tertiary/aromatic N) is 2. The van der Waals surface area contributed by atoms with E-state index in [-0.39, 0.29) is 39.0 Å². The predicted octanol–water partition coefficient (Wildman–Crippen LogP) is 6.14. The van der Waals surface area contributed by atoms with Crippen molar-refractivity contribution in [2.75, 3.05) is 17.4 Å². The summed E-state index contributed by atoms with van der Waals surface area (Å²) >= 11 is 15.7. The Morgan fingerprint density at radius 2 is 1.62 bits per heavy atom. The summed E-state index contributed by atoms with van der Waals surface area (Å²) in [5.74, 6) is -0.677. The number of anilines is 1. The molecule has 1 N–H and O–H groups in total. The molecule has 0 aliphatic heterocycles. The van der Waals surface area contributed by atoms with E-state index in [1.807, 2.05) is 38.1 Å². The maximum absolute atomic E-state index is 13.9. The molecule has 1 atom stereocenters. The van der Waals surface area contributed by atoms with Crippen molar-refractivity contribution in [2.24, 2.45) is 5.92 Å². The molecule has 0 heterocycles. The molecular weight excluding hydrogens is 625 g/mol. The van der Waals surface area contributed by atoms with Crippen molar-refractivity contribution < 1.29 is 18.0 Å². The van der Waals surface area contributed by atoms with Crippen LogP contribution in [-0.4, -0.2) is 44.3 Å². The van der Waals surface area contributed by atoms with Gasteiger partial charge < -0.3 is 10.2 Å². The largest absolute Gasteiger partial charge is 0.354 e. The average molecular weight is 655 g/mol.